The quantitative estimate of drug-likeness (QED) is 0.767. The van der Waals surface area contributed by atoms with Crippen molar-refractivity contribution in [3.05, 3.63) is 0 Å². The highest BCUT2D eigenvalue weighted by atomic mass is 32.2. The summed E-state index contributed by atoms with van der Waals surface area (Å²) in [7, 11) is -3.34. The smallest absolute Gasteiger partial charge is 0.280 e. The highest BCUT2D eigenvalue weighted by Gasteiger charge is 2.34. The molecule has 1 aliphatic rings. The van der Waals surface area contributed by atoms with Crippen molar-refractivity contribution in [1.29, 1.82) is 0 Å². The van der Waals surface area contributed by atoms with Crippen molar-refractivity contribution in [2.45, 2.75) is 58.7 Å². The van der Waals surface area contributed by atoms with Crippen molar-refractivity contribution in [3.8, 4) is 0 Å². The molecule has 102 valence electrons. The lowest BCUT2D eigenvalue weighted by atomic mass is 10.1. The summed E-state index contributed by atoms with van der Waals surface area (Å²) < 4.78 is 28.7. The number of piperazine rings is 1. The number of hydrogen-bond donors (Lipinski definition) is 2. The van der Waals surface area contributed by atoms with Gasteiger partial charge in [-0.3, -0.25) is 0 Å². The van der Waals surface area contributed by atoms with Crippen molar-refractivity contribution < 1.29 is 8.42 Å². The molecule has 0 aromatic carbocycles. The van der Waals surface area contributed by atoms with Gasteiger partial charge in [0.25, 0.3) is 10.2 Å². The Morgan fingerprint density at radius 3 is 2.47 bits per heavy atom. The van der Waals surface area contributed by atoms with Gasteiger partial charge in [-0.2, -0.15) is 17.4 Å². The molecule has 5 nitrogen and oxygen atoms in total. The first-order valence-corrected chi connectivity index (χ1v) is 7.87. The van der Waals surface area contributed by atoms with E-state index in [1.54, 1.807) is 4.31 Å². The maximum atomic E-state index is 12.2. The largest absolute Gasteiger partial charge is 0.311 e. The highest BCUT2D eigenvalue weighted by Crippen LogP contribution is 2.15. The monoisotopic (exact) mass is 263 g/mol. The number of nitrogens with one attached hydrogen (secondary N) is 2. The molecule has 0 saturated carbocycles. The summed E-state index contributed by atoms with van der Waals surface area (Å²) in [6, 6.07) is 0.267. The third-order valence-corrected chi connectivity index (χ3v) is 4.94. The van der Waals surface area contributed by atoms with Gasteiger partial charge < -0.3 is 5.32 Å². The predicted octanol–water partition coefficient (Wildman–Crippen LogP) is 0.692. The lowest BCUT2D eigenvalue weighted by molar-refractivity contribution is 0.212. The summed E-state index contributed by atoms with van der Waals surface area (Å²) in [4.78, 5) is 0. The molecule has 17 heavy (non-hydrogen) atoms. The van der Waals surface area contributed by atoms with Gasteiger partial charge in [-0.1, -0.05) is 13.8 Å². The average molecular weight is 263 g/mol. The van der Waals surface area contributed by atoms with Crippen LogP contribution in [0.5, 0.6) is 0 Å². The zero-order valence-corrected chi connectivity index (χ0v) is 12.0. The summed E-state index contributed by atoms with van der Waals surface area (Å²) in [5.41, 5.74) is 0. The van der Waals surface area contributed by atoms with Gasteiger partial charge in [-0.25, -0.2) is 0 Å². The van der Waals surface area contributed by atoms with Crippen LogP contribution in [-0.2, 0) is 10.2 Å². The summed E-state index contributed by atoms with van der Waals surface area (Å²) in [6.45, 7) is 9.10. The molecule has 6 heteroatoms. The van der Waals surface area contributed by atoms with E-state index in [4.69, 9.17) is 0 Å². The average Bonchev–Trinajstić information content (AvgIpc) is 2.26. The van der Waals surface area contributed by atoms with Gasteiger partial charge in [-0.05, 0) is 26.7 Å². The van der Waals surface area contributed by atoms with Crippen LogP contribution >= 0.6 is 0 Å². The Kier molecular flexibility index (Phi) is 5.37. The van der Waals surface area contributed by atoms with Crippen LogP contribution in [0.15, 0.2) is 0 Å². The minimum Gasteiger partial charge on any atom is -0.311 e. The molecule has 0 amide bonds. The van der Waals surface area contributed by atoms with Crippen LogP contribution in [0.3, 0.4) is 0 Å². The number of hydrogen-bond acceptors (Lipinski definition) is 3. The second kappa shape index (κ2) is 6.13. The van der Waals surface area contributed by atoms with Crippen LogP contribution < -0.4 is 10.0 Å². The first-order valence-electron chi connectivity index (χ1n) is 6.43. The zero-order chi connectivity index (χ0) is 13.1. The Bertz CT molecular complexity index is 330. The van der Waals surface area contributed by atoms with Crippen molar-refractivity contribution in [3.63, 3.8) is 0 Å². The molecule has 1 heterocycles. The van der Waals surface area contributed by atoms with E-state index in [2.05, 4.69) is 17.0 Å². The van der Waals surface area contributed by atoms with E-state index in [1.807, 2.05) is 20.8 Å². The molecule has 2 atom stereocenters. The van der Waals surface area contributed by atoms with Crippen molar-refractivity contribution in [2.24, 2.45) is 0 Å². The molecule has 1 rings (SSSR count). The Morgan fingerprint density at radius 1 is 1.35 bits per heavy atom. The standard InChI is InChI=1S/C11H25N3O2S/c1-5-10-8-14(11(6-2)7-12-10)17(15,16)13-9(3)4/h9-13H,5-8H2,1-4H3. The van der Waals surface area contributed by atoms with Crippen LogP contribution in [0.4, 0.5) is 0 Å². The first kappa shape index (κ1) is 14.9. The normalized spacial score (nSPS) is 27.6. The lowest BCUT2D eigenvalue weighted by Gasteiger charge is -2.39. The second-order valence-corrected chi connectivity index (χ2v) is 6.58. The third kappa shape index (κ3) is 3.91. The number of nitrogens with zero attached hydrogens (tertiary/aromatic N) is 1. The molecule has 1 saturated heterocycles. The maximum Gasteiger partial charge on any atom is 0.280 e. The molecule has 2 unspecified atom stereocenters. The van der Waals surface area contributed by atoms with E-state index in [9.17, 15) is 8.42 Å². The molecule has 1 aliphatic heterocycles. The minimum atomic E-state index is -3.34. The van der Waals surface area contributed by atoms with Gasteiger partial charge in [0.15, 0.2) is 0 Å². The van der Waals surface area contributed by atoms with Crippen LogP contribution in [0.2, 0.25) is 0 Å². The molecule has 0 aromatic rings. The maximum absolute atomic E-state index is 12.2. The summed E-state index contributed by atoms with van der Waals surface area (Å²) in [6.07, 6.45) is 1.78. The van der Waals surface area contributed by atoms with Crippen molar-refractivity contribution in [1.82, 2.24) is 14.3 Å². The lowest BCUT2D eigenvalue weighted by Crippen LogP contribution is -2.60. The summed E-state index contributed by atoms with van der Waals surface area (Å²) in [5, 5.41) is 3.39. The molecular weight excluding hydrogens is 238 g/mol. The van der Waals surface area contributed by atoms with Gasteiger partial charge >= 0.3 is 0 Å². The van der Waals surface area contributed by atoms with Crippen LogP contribution in [0.25, 0.3) is 0 Å². The SMILES string of the molecule is CCC1CN(S(=O)(=O)NC(C)C)C(CC)CN1. The molecule has 2 N–H and O–H groups in total. The van der Waals surface area contributed by atoms with E-state index in [-0.39, 0.29) is 18.1 Å². The van der Waals surface area contributed by atoms with Gasteiger partial charge in [0.1, 0.15) is 0 Å². The fourth-order valence-corrected chi connectivity index (χ4v) is 3.84. The van der Waals surface area contributed by atoms with Crippen LogP contribution in [0, 0.1) is 0 Å². The van der Waals surface area contributed by atoms with Crippen molar-refractivity contribution in [2.75, 3.05) is 13.1 Å². The molecule has 0 radical (unpaired) electrons. The van der Waals surface area contributed by atoms with Gasteiger partial charge in [0.05, 0.1) is 0 Å². The zero-order valence-electron chi connectivity index (χ0n) is 11.2. The molecule has 0 bridgehead atoms. The van der Waals surface area contributed by atoms with E-state index in [0.29, 0.717) is 6.54 Å². The molecule has 0 aromatic heterocycles. The minimum absolute atomic E-state index is 0.0625. The van der Waals surface area contributed by atoms with E-state index in [0.717, 1.165) is 19.4 Å². The topological polar surface area (TPSA) is 61.4 Å². The fraction of sp³-hybridized carbons (Fsp3) is 1.00. The third-order valence-electron chi connectivity index (χ3n) is 3.11. The molecule has 0 aliphatic carbocycles. The Hall–Kier alpha value is -0.170. The Morgan fingerprint density at radius 2 is 2.00 bits per heavy atom. The van der Waals surface area contributed by atoms with Crippen LogP contribution in [0.1, 0.15) is 40.5 Å². The van der Waals surface area contributed by atoms with Gasteiger partial charge in [0, 0.05) is 31.2 Å². The summed E-state index contributed by atoms with van der Waals surface area (Å²) in [5.74, 6) is 0. The number of rotatable bonds is 5. The fourth-order valence-electron chi connectivity index (χ4n) is 2.12. The van der Waals surface area contributed by atoms with E-state index in [1.165, 1.54) is 0 Å². The molecular formula is C11H25N3O2S. The molecule has 0 spiro atoms. The molecule has 1 fully saturated rings. The Balaban J connectivity index is 2.82. The van der Waals surface area contributed by atoms with Crippen LogP contribution in [-0.4, -0.2) is 43.9 Å². The highest BCUT2D eigenvalue weighted by molar-refractivity contribution is 7.87. The summed E-state index contributed by atoms with van der Waals surface area (Å²) >= 11 is 0. The van der Waals surface area contributed by atoms with Gasteiger partial charge in [-0.15, -0.1) is 0 Å². The Labute approximate surface area is 105 Å². The predicted molar refractivity (Wildman–Crippen MR) is 70.1 cm³/mol. The first-order chi connectivity index (χ1) is 7.90. The van der Waals surface area contributed by atoms with E-state index >= 15 is 0 Å². The van der Waals surface area contributed by atoms with Crippen molar-refractivity contribution >= 4 is 10.2 Å². The van der Waals surface area contributed by atoms with Gasteiger partial charge in [0.2, 0.25) is 0 Å². The second-order valence-electron chi connectivity index (χ2n) is 4.92. The van der Waals surface area contributed by atoms with E-state index < -0.39 is 10.2 Å².